The SMILES string of the molecule is COc1ccc(-c2c(/C=C\C(=O)Nc3ccc(CP(=O)(OC)OC)cc3)cnn2C)cc1. The zero-order chi connectivity index (χ0) is 23.1. The van der Waals surface area contributed by atoms with Crippen LogP contribution in [0.2, 0.25) is 0 Å². The van der Waals surface area contributed by atoms with Gasteiger partial charge in [0.25, 0.3) is 0 Å². The molecule has 1 amide bonds. The molecule has 0 radical (unpaired) electrons. The molecule has 0 saturated carbocycles. The summed E-state index contributed by atoms with van der Waals surface area (Å²) in [6.45, 7) is 0. The minimum atomic E-state index is -3.14. The topological polar surface area (TPSA) is 91.7 Å². The summed E-state index contributed by atoms with van der Waals surface area (Å²) < 4.78 is 29.1. The van der Waals surface area contributed by atoms with Gasteiger partial charge in [-0.2, -0.15) is 5.10 Å². The van der Waals surface area contributed by atoms with Crippen molar-refractivity contribution in [3.63, 3.8) is 0 Å². The van der Waals surface area contributed by atoms with Crippen molar-refractivity contribution in [3.8, 4) is 17.0 Å². The van der Waals surface area contributed by atoms with E-state index in [2.05, 4.69) is 10.4 Å². The quantitative estimate of drug-likeness (QED) is 0.370. The lowest BCUT2D eigenvalue weighted by Crippen LogP contribution is -2.07. The van der Waals surface area contributed by atoms with Gasteiger partial charge in [0.05, 0.1) is 25.2 Å². The van der Waals surface area contributed by atoms with Crippen molar-refractivity contribution in [2.45, 2.75) is 6.16 Å². The summed E-state index contributed by atoms with van der Waals surface area (Å²) in [7, 11) is 3.05. The third kappa shape index (κ3) is 5.73. The van der Waals surface area contributed by atoms with Gasteiger partial charge in [0, 0.05) is 44.2 Å². The standard InChI is InChI=1S/C23H26N3O5P/c1-26-23(18-7-12-21(29-2)13-8-18)19(15-24-26)9-14-22(27)25-20-10-5-17(6-11-20)16-32(28,30-3)31-4/h5-15H,16H2,1-4H3,(H,25,27)/b14-9-. The molecule has 0 aliphatic rings. The van der Waals surface area contributed by atoms with E-state index < -0.39 is 7.60 Å². The first kappa shape index (κ1) is 23.5. The molecule has 8 nitrogen and oxygen atoms in total. The second-order valence-corrected chi connectivity index (χ2v) is 9.22. The average Bonchev–Trinajstić information content (AvgIpc) is 3.19. The van der Waals surface area contributed by atoms with E-state index in [4.69, 9.17) is 13.8 Å². The van der Waals surface area contributed by atoms with Crippen LogP contribution < -0.4 is 10.1 Å². The van der Waals surface area contributed by atoms with Crippen molar-refractivity contribution in [1.29, 1.82) is 0 Å². The Morgan fingerprint density at radius 2 is 1.72 bits per heavy atom. The number of anilines is 1. The molecule has 3 aromatic rings. The van der Waals surface area contributed by atoms with E-state index in [9.17, 15) is 9.36 Å². The summed E-state index contributed by atoms with van der Waals surface area (Å²) in [6, 6.07) is 14.7. The van der Waals surface area contributed by atoms with Crippen LogP contribution in [0.1, 0.15) is 11.1 Å². The molecule has 0 spiro atoms. The van der Waals surface area contributed by atoms with Gasteiger partial charge in [0.1, 0.15) is 5.75 Å². The van der Waals surface area contributed by atoms with Crippen molar-refractivity contribution < 1.29 is 23.1 Å². The summed E-state index contributed by atoms with van der Waals surface area (Å²) in [5.41, 5.74) is 4.07. The maximum absolute atomic E-state index is 12.4. The zero-order valence-corrected chi connectivity index (χ0v) is 19.3. The molecule has 0 bridgehead atoms. The number of hydrogen-bond donors (Lipinski definition) is 1. The van der Waals surface area contributed by atoms with Gasteiger partial charge in [-0.25, -0.2) is 0 Å². The van der Waals surface area contributed by atoms with Crippen molar-refractivity contribution in [3.05, 3.63) is 71.9 Å². The number of methoxy groups -OCH3 is 1. The Labute approximate surface area is 187 Å². The summed E-state index contributed by atoms with van der Waals surface area (Å²) in [5.74, 6) is 0.493. The van der Waals surface area contributed by atoms with Gasteiger partial charge in [-0.15, -0.1) is 0 Å². The fourth-order valence-corrected chi connectivity index (χ4v) is 4.21. The number of aromatic nitrogens is 2. The molecule has 2 aromatic carbocycles. The predicted molar refractivity (Wildman–Crippen MR) is 125 cm³/mol. The van der Waals surface area contributed by atoms with Gasteiger partial charge in [0.2, 0.25) is 5.91 Å². The molecule has 1 heterocycles. The van der Waals surface area contributed by atoms with Gasteiger partial charge in [-0.1, -0.05) is 12.1 Å². The molecule has 0 aliphatic heterocycles. The molecular formula is C23H26N3O5P. The largest absolute Gasteiger partial charge is 0.497 e. The highest BCUT2D eigenvalue weighted by Gasteiger charge is 2.21. The number of amides is 1. The number of carbonyl (C=O) groups excluding carboxylic acids is 1. The fraction of sp³-hybridized carbons (Fsp3) is 0.217. The molecule has 0 fully saturated rings. The molecular weight excluding hydrogens is 429 g/mol. The molecule has 168 valence electrons. The molecule has 1 aromatic heterocycles. The van der Waals surface area contributed by atoms with E-state index in [1.54, 1.807) is 48.3 Å². The second kappa shape index (κ2) is 10.4. The van der Waals surface area contributed by atoms with Gasteiger partial charge in [0.15, 0.2) is 0 Å². The first-order chi connectivity index (χ1) is 15.4. The van der Waals surface area contributed by atoms with E-state index in [-0.39, 0.29) is 12.1 Å². The number of benzene rings is 2. The van der Waals surface area contributed by atoms with E-state index in [1.807, 2.05) is 31.3 Å². The number of hydrogen-bond acceptors (Lipinski definition) is 6. The minimum Gasteiger partial charge on any atom is -0.497 e. The van der Waals surface area contributed by atoms with Gasteiger partial charge in [-0.05, 0) is 48.0 Å². The lowest BCUT2D eigenvalue weighted by molar-refractivity contribution is -0.111. The maximum atomic E-state index is 12.4. The van der Waals surface area contributed by atoms with Gasteiger partial charge in [-0.3, -0.25) is 14.0 Å². The van der Waals surface area contributed by atoms with E-state index in [1.165, 1.54) is 20.3 Å². The molecule has 9 heteroatoms. The van der Waals surface area contributed by atoms with Crippen LogP contribution in [0.25, 0.3) is 17.3 Å². The summed E-state index contributed by atoms with van der Waals surface area (Å²) in [5, 5.41) is 7.12. The molecule has 0 saturated heterocycles. The van der Waals surface area contributed by atoms with Crippen LogP contribution in [0.4, 0.5) is 5.69 Å². The van der Waals surface area contributed by atoms with Crippen molar-refractivity contribution in [2.24, 2.45) is 7.05 Å². The van der Waals surface area contributed by atoms with Crippen LogP contribution in [-0.2, 0) is 31.6 Å². The molecule has 0 atom stereocenters. The van der Waals surface area contributed by atoms with E-state index >= 15 is 0 Å². The minimum absolute atomic E-state index is 0.156. The highest BCUT2D eigenvalue weighted by Crippen LogP contribution is 2.49. The Morgan fingerprint density at radius 3 is 2.31 bits per heavy atom. The Hall–Kier alpha value is -3.19. The second-order valence-electron chi connectivity index (χ2n) is 6.95. The number of nitrogens with one attached hydrogen (secondary N) is 1. The van der Waals surface area contributed by atoms with E-state index in [0.717, 1.165) is 28.1 Å². The van der Waals surface area contributed by atoms with Crippen LogP contribution in [0, 0.1) is 0 Å². The number of nitrogens with zero attached hydrogens (tertiary/aromatic N) is 2. The zero-order valence-electron chi connectivity index (χ0n) is 18.4. The highest BCUT2D eigenvalue weighted by atomic mass is 31.2. The average molecular weight is 455 g/mol. The molecule has 32 heavy (non-hydrogen) atoms. The number of rotatable bonds is 9. The Morgan fingerprint density at radius 1 is 1.06 bits per heavy atom. The van der Waals surface area contributed by atoms with Gasteiger partial charge < -0.3 is 19.1 Å². The van der Waals surface area contributed by atoms with Crippen molar-refractivity contribution in [1.82, 2.24) is 9.78 Å². The first-order valence-corrected chi connectivity index (χ1v) is 11.5. The molecule has 0 aliphatic carbocycles. The number of ether oxygens (including phenoxy) is 1. The number of aryl methyl sites for hydroxylation is 1. The molecule has 0 unspecified atom stereocenters. The van der Waals surface area contributed by atoms with Gasteiger partial charge >= 0.3 is 7.60 Å². The van der Waals surface area contributed by atoms with Crippen LogP contribution in [0.15, 0.2) is 60.8 Å². The van der Waals surface area contributed by atoms with Crippen molar-refractivity contribution >= 4 is 25.3 Å². The fourth-order valence-electron chi connectivity index (χ4n) is 3.15. The summed E-state index contributed by atoms with van der Waals surface area (Å²) >= 11 is 0. The predicted octanol–water partition coefficient (Wildman–Crippen LogP) is 4.73. The van der Waals surface area contributed by atoms with Crippen LogP contribution in [0.5, 0.6) is 5.75 Å². The third-order valence-corrected chi connectivity index (χ3v) is 6.76. The Balaban J connectivity index is 1.68. The number of carbonyl (C=O) groups is 1. The summed E-state index contributed by atoms with van der Waals surface area (Å²) in [4.78, 5) is 12.4. The molecule has 3 rings (SSSR count). The Kier molecular flexibility index (Phi) is 7.64. The van der Waals surface area contributed by atoms with Crippen LogP contribution in [-0.4, -0.2) is 37.0 Å². The normalized spacial score (nSPS) is 11.6. The highest BCUT2D eigenvalue weighted by molar-refractivity contribution is 7.52. The smallest absolute Gasteiger partial charge is 0.334 e. The first-order valence-electron chi connectivity index (χ1n) is 9.82. The lowest BCUT2D eigenvalue weighted by Gasteiger charge is -2.13. The van der Waals surface area contributed by atoms with E-state index in [0.29, 0.717) is 5.69 Å². The van der Waals surface area contributed by atoms with Crippen molar-refractivity contribution in [2.75, 3.05) is 26.6 Å². The Bertz CT molecular complexity index is 1130. The maximum Gasteiger partial charge on any atom is 0.334 e. The lowest BCUT2D eigenvalue weighted by atomic mass is 10.1. The monoisotopic (exact) mass is 455 g/mol. The summed E-state index contributed by atoms with van der Waals surface area (Å²) in [6.07, 6.45) is 5.05. The van der Waals surface area contributed by atoms with Crippen LogP contribution in [0.3, 0.4) is 0 Å². The molecule has 1 N–H and O–H groups in total. The van der Waals surface area contributed by atoms with Crippen LogP contribution >= 0.6 is 7.60 Å². The third-order valence-electron chi connectivity index (χ3n) is 4.90.